The van der Waals surface area contributed by atoms with Gasteiger partial charge in [0.2, 0.25) is 0 Å². The molecule has 1 saturated heterocycles. The minimum Gasteiger partial charge on any atom is -0.480 e. The van der Waals surface area contributed by atoms with Crippen molar-refractivity contribution < 1.29 is 24.9 Å². The average Bonchev–Trinajstić information content (AvgIpc) is 2.76. The van der Waals surface area contributed by atoms with Gasteiger partial charge in [-0.15, -0.1) is 0 Å². The van der Waals surface area contributed by atoms with Crippen LogP contribution in [0.15, 0.2) is 21.9 Å². The third-order valence-electron chi connectivity index (χ3n) is 3.65. The average molecular weight is 344 g/mol. The molecular formula is C13H20N4O7. The highest BCUT2D eigenvalue weighted by molar-refractivity contribution is 5.74. The van der Waals surface area contributed by atoms with Gasteiger partial charge in [-0.25, -0.2) is 4.79 Å². The first-order valence-electron chi connectivity index (χ1n) is 7.27. The van der Waals surface area contributed by atoms with Gasteiger partial charge in [-0.3, -0.25) is 19.1 Å². The number of nitrogens with two attached hydrogens (primary N) is 1. The number of carboxylic acids is 1. The molecule has 1 aromatic rings. The van der Waals surface area contributed by atoms with Crippen molar-refractivity contribution in [2.24, 2.45) is 5.73 Å². The summed E-state index contributed by atoms with van der Waals surface area (Å²) >= 11 is 0. The van der Waals surface area contributed by atoms with Crippen molar-refractivity contribution in [1.29, 1.82) is 0 Å². The predicted octanol–water partition coefficient (Wildman–Crippen LogP) is -3.45. The number of ether oxygens (including phenoxy) is 1. The van der Waals surface area contributed by atoms with Crippen molar-refractivity contribution >= 4 is 5.97 Å². The van der Waals surface area contributed by atoms with Crippen LogP contribution in [0.5, 0.6) is 0 Å². The first-order valence-corrected chi connectivity index (χ1v) is 7.27. The molecule has 0 saturated carbocycles. The summed E-state index contributed by atoms with van der Waals surface area (Å²) in [5.41, 5.74) is 4.08. The summed E-state index contributed by atoms with van der Waals surface area (Å²) in [5.74, 6) is -1.30. The number of aromatic amines is 1. The van der Waals surface area contributed by atoms with Crippen molar-refractivity contribution in [3.63, 3.8) is 0 Å². The summed E-state index contributed by atoms with van der Waals surface area (Å²) in [7, 11) is 0. The normalized spacial score (nSPS) is 29.3. The number of aliphatic carboxylic acids is 1. The Hall–Kier alpha value is -2.05. The van der Waals surface area contributed by atoms with Gasteiger partial charge in [0, 0.05) is 24.8 Å². The lowest BCUT2D eigenvalue weighted by molar-refractivity contribution is -0.146. The number of aliphatic hydroxyl groups is 2. The zero-order chi connectivity index (χ0) is 18.0. The van der Waals surface area contributed by atoms with Gasteiger partial charge in [-0.05, 0) is 6.92 Å². The minimum atomic E-state index is -1.56. The van der Waals surface area contributed by atoms with Gasteiger partial charge in [-0.1, -0.05) is 0 Å². The van der Waals surface area contributed by atoms with Crippen molar-refractivity contribution in [1.82, 2.24) is 14.9 Å². The van der Waals surface area contributed by atoms with E-state index in [1.165, 1.54) is 0 Å². The molecule has 1 aliphatic heterocycles. The van der Waals surface area contributed by atoms with Crippen LogP contribution in [-0.4, -0.2) is 67.8 Å². The topological polar surface area (TPSA) is 180 Å². The second kappa shape index (κ2) is 7.23. The van der Waals surface area contributed by atoms with Gasteiger partial charge in [0.25, 0.3) is 5.56 Å². The number of carboxylic acid groups (broad SMARTS) is 1. The van der Waals surface area contributed by atoms with Crippen LogP contribution in [0.4, 0.5) is 0 Å². The number of H-pyrrole nitrogens is 1. The summed E-state index contributed by atoms with van der Waals surface area (Å²) in [6.07, 6.45) is -4.68. The molecular weight excluding hydrogens is 324 g/mol. The molecule has 0 aromatic carbocycles. The van der Waals surface area contributed by atoms with Crippen LogP contribution in [0, 0.1) is 0 Å². The second-order valence-electron chi connectivity index (χ2n) is 5.69. The molecule has 24 heavy (non-hydrogen) atoms. The molecule has 11 heteroatoms. The molecule has 11 nitrogen and oxygen atoms in total. The zero-order valence-corrected chi connectivity index (χ0v) is 12.8. The third kappa shape index (κ3) is 3.71. The first-order chi connectivity index (χ1) is 11.2. The number of carbonyl (C=O) groups is 1. The maximum Gasteiger partial charge on any atom is 0.330 e. The molecule has 1 fully saturated rings. The van der Waals surface area contributed by atoms with E-state index in [9.17, 15) is 29.7 Å². The summed E-state index contributed by atoms with van der Waals surface area (Å²) in [4.78, 5) is 36.3. The van der Waals surface area contributed by atoms with Crippen molar-refractivity contribution in [2.45, 2.75) is 43.5 Å². The highest BCUT2D eigenvalue weighted by Gasteiger charge is 2.49. The lowest BCUT2D eigenvalue weighted by atomic mass is 10.0. The predicted molar refractivity (Wildman–Crippen MR) is 80.3 cm³/mol. The number of aliphatic hydroxyl groups excluding tert-OH is 2. The fourth-order valence-corrected chi connectivity index (χ4v) is 2.48. The second-order valence-corrected chi connectivity index (χ2v) is 5.69. The van der Waals surface area contributed by atoms with E-state index in [1.807, 2.05) is 4.98 Å². The van der Waals surface area contributed by atoms with Crippen LogP contribution in [-0.2, 0) is 9.53 Å². The van der Waals surface area contributed by atoms with E-state index in [4.69, 9.17) is 10.5 Å². The van der Waals surface area contributed by atoms with Gasteiger partial charge in [0.15, 0.2) is 6.23 Å². The Morgan fingerprint density at radius 1 is 1.46 bits per heavy atom. The zero-order valence-electron chi connectivity index (χ0n) is 12.8. The summed E-state index contributed by atoms with van der Waals surface area (Å²) in [6, 6.07) is -0.641. The maximum absolute atomic E-state index is 11.8. The number of nitrogens with zero attached hydrogens (tertiary/aromatic N) is 1. The standard InChI is InChI=1S/C13H20N4O7/c1-5(14)4-15-7(12(21)22)10-8(19)9(20)11(24-10)17-3-2-6(18)16-13(17)23/h2-3,5,7-11,15,19-20H,4,14H2,1H3,(H,21,22)(H,16,18,23)/t5?,7?,8-,9+,10+,11+/m0/s1. The van der Waals surface area contributed by atoms with Crippen LogP contribution in [0.3, 0.4) is 0 Å². The molecule has 0 amide bonds. The molecule has 6 atom stereocenters. The highest BCUT2D eigenvalue weighted by Crippen LogP contribution is 2.30. The van der Waals surface area contributed by atoms with Gasteiger partial charge >= 0.3 is 11.7 Å². The van der Waals surface area contributed by atoms with Crippen LogP contribution in [0.25, 0.3) is 0 Å². The molecule has 1 aliphatic rings. The quantitative estimate of drug-likeness (QED) is 0.306. The maximum atomic E-state index is 11.8. The lowest BCUT2D eigenvalue weighted by Gasteiger charge is -2.24. The largest absolute Gasteiger partial charge is 0.480 e. The summed E-state index contributed by atoms with van der Waals surface area (Å²) in [6.45, 7) is 1.80. The van der Waals surface area contributed by atoms with Gasteiger partial charge in [0.1, 0.15) is 24.4 Å². The van der Waals surface area contributed by atoms with E-state index in [0.717, 1.165) is 16.8 Å². The van der Waals surface area contributed by atoms with Crippen LogP contribution >= 0.6 is 0 Å². The minimum absolute atomic E-state index is 0.142. The van der Waals surface area contributed by atoms with Crippen LogP contribution in [0.1, 0.15) is 13.2 Å². The molecule has 2 unspecified atom stereocenters. The molecule has 1 aromatic heterocycles. The van der Waals surface area contributed by atoms with Gasteiger partial charge in [-0.2, -0.15) is 0 Å². The Kier molecular flexibility index (Phi) is 5.51. The summed E-state index contributed by atoms with van der Waals surface area (Å²) < 4.78 is 6.28. The third-order valence-corrected chi connectivity index (χ3v) is 3.65. The number of hydrogen-bond donors (Lipinski definition) is 6. The van der Waals surface area contributed by atoms with Crippen LogP contribution < -0.4 is 22.3 Å². The first kappa shape index (κ1) is 18.3. The monoisotopic (exact) mass is 344 g/mol. The fraction of sp³-hybridized carbons (Fsp3) is 0.615. The van der Waals surface area contributed by atoms with Gasteiger partial charge < -0.3 is 31.1 Å². The Bertz CT molecular complexity index is 700. The van der Waals surface area contributed by atoms with Crippen molar-refractivity contribution in [2.75, 3.05) is 6.54 Å². The highest BCUT2D eigenvalue weighted by atomic mass is 16.6. The number of nitrogens with one attached hydrogen (secondary N) is 2. The van der Waals surface area contributed by atoms with E-state index in [-0.39, 0.29) is 12.6 Å². The summed E-state index contributed by atoms with van der Waals surface area (Å²) in [5, 5.41) is 32.2. The molecule has 0 bridgehead atoms. The van der Waals surface area contributed by atoms with Crippen molar-refractivity contribution in [3.8, 4) is 0 Å². The smallest absolute Gasteiger partial charge is 0.330 e. The molecule has 2 rings (SSSR count). The Morgan fingerprint density at radius 3 is 2.67 bits per heavy atom. The molecule has 134 valence electrons. The number of rotatable bonds is 6. The SMILES string of the molecule is CC(N)CNC(C(=O)O)[C@H]1O[C@@H](n2ccc(=O)[nH]c2=O)[C@H](O)[C@@H]1O. The molecule has 2 heterocycles. The van der Waals surface area contributed by atoms with Crippen LogP contribution in [0.2, 0.25) is 0 Å². The van der Waals surface area contributed by atoms with E-state index in [0.29, 0.717) is 0 Å². The molecule has 0 radical (unpaired) electrons. The van der Waals surface area contributed by atoms with Gasteiger partial charge in [0.05, 0.1) is 0 Å². The number of hydrogen-bond acceptors (Lipinski definition) is 8. The molecule has 0 spiro atoms. The van der Waals surface area contributed by atoms with E-state index < -0.39 is 47.8 Å². The Labute approximate surface area is 135 Å². The van der Waals surface area contributed by atoms with Crippen molar-refractivity contribution in [3.05, 3.63) is 33.1 Å². The Balaban J connectivity index is 2.26. The molecule has 0 aliphatic carbocycles. The van der Waals surface area contributed by atoms with E-state index >= 15 is 0 Å². The van der Waals surface area contributed by atoms with E-state index in [2.05, 4.69) is 5.32 Å². The number of aromatic nitrogens is 2. The van der Waals surface area contributed by atoms with E-state index in [1.54, 1.807) is 6.92 Å². The Morgan fingerprint density at radius 2 is 2.12 bits per heavy atom. The fourth-order valence-electron chi connectivity index (χ4n) is 2.48. The molecule has 7 N–H and O–H groups in total. The lowest BCUT2D eigenvalue weighted by Crippen LogP contribution is -2.53.